The Morgan fingerprint density at radius 2 is 1.74 bits per heavy atom. The van der Waals surface area contributed by atoms with Crippen molar-refractivity contribution >= 4 is 18.0 Å². The van der Waals surface area contributed by atoms with E-state index < -0.39 is 6.09 Å². The molecule has 1 fully saturated rings. The summed E-state index contributed by atoms with van der Waals surface area (Å²) < 4.78 is 10.4. The number of benzene rings is 1. The molecule has 1 atom stereocenters. The molecule has 2 amide bonds. The molecule has 0 unspecified atom stereocenters. The van der Waals surface area contributed by atoms with Gasteiger partial charge in [-0.15, -0.1) is 0 Å². The van der Waals surface area contributed by atoms with E-state index >= 15 is 0 Å². The Bertz CT molecular complexity index is 807. The molecule has 2 rings (SSSR count). The third-order valence-corrected chi connectivity index (χ3v) is 5.29. The summed E-state index contributed by atoms with van der Waals surface area (Å²) in [4.78, 5) is 26.1. The summed E-state index contributed by atoms with van der Waals surface area (Å²) in [5.41, 5.74) is 6.57. The Balaban J connectivity index is 0.000000437. The van der Waals surface area contributed by atoms with Crippen molar-refractivity contribution in [2.24, 2.45) is 16.6 Å². The first-order valence-electron chi connectivity index (χ1n) is 11.6. The largest absolute Gasteiger partial charge is 0.493 e. The van der Waals surface area contributed by atoms with E-state index in [1.54, 1.807) is 32.4 Å². The van der Waals surface area contributed by atoms with E-state index in [9.17, 15) is 9.59 Å². The molecule has 6 N–H and O–H groups in total. The van der Waals surface area contributed by atoms with Crippen LogP contribution in [0.2, 0.25) is 0 Å². The van der Waals surface area contributed by atoms with E-state index in [0.717, 1.165) is 24.8 Å². The number of aliphatic hydroxyl groups excluding tert-OH is 1. The Morgan fingerprint density at radius 3 is 2.26 bits per heavy atom. The number of hydrogen-bond donors (Lipinski definition) is 5. The molecule has 0 saturated heterocycles. The zero-order valence-corrected chi connectivity index (χ0v) is 20.8. The molecule has 1 aromatic rings. The molecule has 1 aliphatic rings. The number of carbonyl (C=O) groups is 2. The number of guanidine groups is 1. The summed E-state index contributed by atoms with van der Waals surface area (Å²) in [6.07, 6.45) is 2.87. The molecule has 34 heavy (non-hydrogen) atoms. The van der Waals surface area contributed by atoms with Gasteiger partial charge < -0.3 is 36.1 Å². The van der Waals surface area contributed by atoms with Crippen molar-refractivity contribution in [3.05, 3.63) is 23.8 Å². The number of hydrogen-bond acceptors (Lipinski definition) is 5. The van der Waals surface area contributed by atoms with E-state index in [1.165, 1.54) is 0 Å². The van der Waals surface area contributed by atoms with Crippen LogP contribution in [0.1, 0.15) is 58.4 Å². The Kier molecular flexibility index (Phi) is 12.8. The quantitative estimate of drug-likeness (QED) is 0.281. The highest BCUT2D eigenvalue weighted by Crippen LogP contribution is 2.27. The molecule has 0 bridgehead atoms. The topological polar surface area (TPSA) is 155 Å². The summed E-state index contributed by atoms with van der Waals surface area (Å²) in [6.45, 7) is 6.28. The van der Waals surface area contributed by atoms with Crippen LogP contribution >= 0.6 is 0 Å². The molecule has 0 radical (unpaired) electrons. The van der Waals surface area contributed by atoms with Gasteiger partial charge in [0, 0.05) is 12.1 Å². The van der Waals surface area contributed by atoms with Gasteiger partial charge in [0.1, 0.15) is 0 Å². The van der Waals surface area contributed by atoms with Crippen molar-refractivity contribution in [2.75, 3.05) is 14.2 Å². The summed E-state index contributed by atoms with van der Waals surface area (Å²) in [6, 6.07) is 5.55. The molecular formula is C24H40N4O6. The Labute approximate surface area is 201 Å². The number of nitrogens with zero attached hydrogens (tertiary/aromatic N) is 1. The number of amides is 2. The fraction of sp³-hybridized carbons (Fsp3) is 0.625. The monoisotopic (exact) mass is 480 g/mol. The summed E-state index contributed by atoms with van der Waals surface area (Å²) >= 11 is 0. The second-order valence-corrected chi connectivity index (χ2v) is 8.89. The minimum atomic E-state index is -0.966. The zero-order chi connectivity index (χ0) is 25.7. The van der Waals surface area contributed by atoms with Crippen molar-refractivity contribution in [3.8, 4) is 11.5 Å². The van der Waals surface area contributed by atoms with Crippen LogP contribution in [-0.4, -0.2) is 60.6 Å². The highest BCUT2D eigenvalue weighted by atomic mass is 16.5. The van der Waals surface area contributed by atoms with Crippen molar-refractivity contribution in [1.29, 1.82) is 0 Å². The van der Waals surface area contributed by atoms with Gasteiger partial charge in [-0.25, -0.2) is 4.79 Å². The fourth-order valence-corrected chi connectivity index (χ4v) is 3.78. The first kappa shape index (κ1) is 29.0. The standard InChI is InChI=1S/C17H27N3O3.C7H13NO3/c1-11(2)8-12(3)19-17(18)20-16(21)10-13-6-7-14(22-4)15(9-13)23-5;9-6-3-1-5(2-4-6)8-7(10)11/h6-7,9,11-12H,8,10H2,1-5H3,(H3,18,19,20,21);5-6,8-9H,1-4H2,(H,10,11)/t12-;5-,6-/m1./s1. The van der Waals surface area contributed by atoms with E-state index in [-0.39, 0.29) is 36.5 Å². The highest BCUT2D eigenvalue weighted by Gasteiger charge is 2.20. The van der Waals surface area contributed by atoms with Crippen molar-refractivity contribution in [3.63, 3.8) is 0 Å². The predicted molar refractivity (Wildman–Crippen MR) is 131 cm³/mol. The van der Waals surface area contributed by atoms with Gasteiger partial charge in [0.25, 0.3) is 5.91 Å². The maximum absolute atomic E-state index is 12.0. The van der Waals surface area contributed by atoms with Crippen LogP contribution in [0.3, 0.4) is 0 Å². The molecule has 10 heteroatoms. The lowest BCUT2D eigenvalue weighted by atomic mass is 9.93. The number of methoxy groups -OCH3 is 2. The smallest absolute Gasteiger partial charge is 0.404 e. The van der Waals surface area contributed by atoms with Crippen LogP contribution in [-0.2, 0) is 11.2 Å². The molecular weight excluding hydrogens is 440 g/mol. The van der Waals surface area contributed by atoms with Gasteiger partial charge in [0.15, 0.2) is 17.5 Å². The maximum Gasteiger partial charge on any atom is 0.404 e. The van der Waals surface area contributed by atoms with Gasteiger partial charge in [-0.1, -0.05) is 19.9 Å². The normalized spacial score (nSPS) is 18.9. The van der Waals surface area contributed by atoms with Gasteiger partial charge in [0.05, 0.1) is 26.7 Å². The molecule has 1 aliphatic carbocycles. The Hall–Kier alpha value is -3.01. The second kappa shape index (κ2) is 15.0. The van der Waals surface area contributed by atoms with Crippen molar-refractivity contribution in [2.45, 2.75) is 77.5 Å². The molecule has 1 saturated carbocycles. The fourth-order valence-electron chi connectivity index (χ4n) is 3.78. The number of carboxylic acid groups (broad SMARTS) is 1. The van der Waals surface area contributed by atoms with Crippen LogP contribution in [0, 0.1) is 5.92 Å². The molecule has 0 aliphatic heterocycles. The lowest BCUT2D eigenvalue weighted by Gasteiger charge is -2.24. The number of nitrogens with two attached hydrogens (primary N) is 1. The van der Waals surface area contributed by atoms with Crippen LogP contribution in [0.25, 0.3) is 0 Å². The number of aliphatic hydroxyl groups is 1. The summed E-state index contributed by atoms with van der Waals surface area (Å²) in [5, 5.41) is 22.9. The van der Waals surface area contributed by atoms with Gasteiger partial charge in [-0.3, -0.25) is 4.79 Å². The number of carbonyl (C=O) groups excluding carboxylic acids is 1. The molecule has 192 valence electrons. The average molecular weight is 481 g/mol. The molecule has 1 aromatic carbocycles. The Morgan fingerprint density at radius 1 is 1.12 bits per heavy atom. The van der Waals surface area contributed by atoms with Gasteiger partial charge in [-0.2, -0.15) is 4.99 Å². The molecule has 0 heterocycles. The zero-order valence-electron chi connectivity index (χ0n) is 20.8. The van der Waals surface area contributed by atoms with E-state index in [1.807, 2.05) is 6.92 Å². The molecule has 0 aromatic heterocycles. The van der Waals surface area contributed by atoms with E-state index in [2.05, 4.69) is 29.5 Å². The number of nitrogens with one attached hydrogen (secondary N) is 2. The highest BCUT2D eigenvalue weighted by molar-refractivity contribution is 5.93. The number of rotatable bonds is 8. The SMILES string of the molecule is COc1ccc(CC(=O)N=C(N)N[C@H](C)CC(C)C)cc1OC.O=C(O)N[C@H]1CC[C@H](O)CC1. The minimum Gasteiger partial charge on any atom is -0.493 e. The predicted octanol–water partition coefficient (Wildman–Crippen LogP) is 2.67. The van der Waals surface area contributed by atoms with Crippen LogP contribution in [0.5, 0.6) is 11.5 Å². The second-order valence-electron chi connectivity index (χ2n) is 8.89. The molecule has 10 nitrogen and oxygen atoms in total. The van der Waals surface area contributed by atoms with Gasteiger partial charge in [-0.05, 0) is 62.6 Å². The number of ether oxygens (including phenoxy) is 2. The number of aliphatic imine (C=N–C) groups is 1. The van der Waals surface area contributed by atoms with Gasteiger partial charge in [0.2, 0.25) is 0 Å². The minimum absolute atomic E-state index is 0.0518. The van der Waals surface area contributed by atoms with Crippen LogP contribution in [0.4, 0.5) is 4.79 Å². The van der Waals surface area contributed by atoms with Crippen LogP contribution in [0.15, 0.2) is 23.2 Å². The van der Waals surface area contributed by atoms with E-state index in [4.69, 9.17) is 25.4 Å². The lowest BCUT2D eigenvalue weighted by molar-refractivity contribution is -0.117. The average Bonchev–Trinajstić information content (AvgIpc) is 2.74. The van der Waals surface area contributed by atoms with Crippen molar-refractivity contribution < 1.29 is 29.3 Å². The maximum atomic E-state index is 12.0. The summed E-state index contributed by atoms with van der Waals surface area (Å²) in [5.74, 6) is 1.60. The van der Waals surface area contributed by atoms with Crippen LogP contribution < -0.4 is 25.8 Å². The molecule has 0 spiro atoms. The lowest BCUT2D eigenvalue weighted by Crippen LogP contribution is -2.39. The van der Waals surface area contributed by atoms with Crippen molar-refractivity contribution in [1.82, 2.24) is 10.6 Å². The first-order valence-corrected chi connectivity index (χ1v) is 11.6. The first-order chi connectivity index (χ1) is 16.0. The summed E-state index contributed by atoms with van der Waals surface area (Å²) in [7, 11) is 3.12. The van der Waals surface area contributed by atoms with E-state index in [0.29, 0.717) is 30.3 Å². The van der Waals surface area contributed by atoms with Gasteiger partial charge >= 0.3 is 6.09 Å². The third-order valence-electron chi connectivity index (χ3n) is 5.29. The third kappa shape index (κ3) is 11.7.